The van der Waals surface area contributed by atoms with Gasteiger partial charge in [0.2, 0.25) is 0 Å². The van der Waals surface area contributed by atoms with Gasteiger partial charge in [-0.2, -0.15) is 0 Å². The number of pyridine rings is 1. The van der Waals surface area contributed by atoms with Crippen molar-refractivity contribution in [1.29, 1.82) is 0 Å². The molecule has 0 aliphatic carbocycles. The number of nitrogens with zero attached hydrogens (tertiary/aromatic N) is 3. The maximum absolute atomic E-state index is 13.7. The second kappa shape index (κ2) is 15.2. The van der Waals surface area contributed by atoms with E-state index in [0.717, 1.165) is 27.6 Å². The number of ether oxygens (including phenoxy) is 2. The molecule has 4 aromatic carbocycles. The molecular weight excluding hydrogens is 632 g/mol. The molecule has 250 valence electrons. The number of aromatic nitrogens is 3. The molecule has 0 bridgehead atoms. The molecule has 0 radical (unpaired) electrons. The van der Waals surface area contributed by atoms with Gasteiger partial charge in [-0.3, -0.25) is 20.4 Å². The van der Waals surface area contributed by atoms with Gasteiger partial charge in [-0.05, 0) is 40.8 Å². The summed E-state index contributed by atoms with van der Waals surface area (Å²) in [6.07, 6.45) is 4.32. The fraction of sp³-hybridized carbons (Fsp3) is 0.128. The maximum Gasteiger partial charge on any atom is 0.343 e. The molecule has 2 aromatic heterocycles. The highest BCUT2D eigenvalue weighted by Gasteiger charge is 2.40. The lowest BCUT2D eigenvalue weighted by molar-refractivity contribution is -0.143. The average Bonchev–Trinajstić information content (AvgIpc) is 3.18. The fourth-order valence-corrected chi connectivity index (χ4v) is 6.09. The van der Waals surface area contributed by atoms with Gasteiger partial charge < -0.3 is 14.8 Å². The van der Waals surface area contributed by atoms with Crippen molar-refractivity contribution in [2.75, 3.05) is 24.9 Å². The molecule has 2 amide bonds. The highest BCUT2D eigenvalue weighted by Crippen LogP contribution is 2.38. The molecule has 11 heteroatoms. The van der Waals surface area contributed by atoms with Gasteiger partial charge in [0.25, 0.3) is 0 Å². The number of rotatable bonds is 11. The van der Waals surface area contributed by atoms with Crippen LogP contribution in [0.5, 0.6) is 0 Å². The van der Waals surface area contributed by atoms with Crippen molar-refractivity contribution in [3.8, 4) is 0 Å². The van der Waals surface area contributed by atoms with E-state index in [0.29, 0.717) is 11.2 Å². The van der Waals surface area contributed by atoms with Crippen LogP contribution in [0.25, 0.3) is 10.9 Å². The normalized spacial score (nSPS) is 11.7. The van der Waals surface area contributed by atoms with Crippen LogP contribution in [-0.2, 0) is 26.2 Å². The van der Waals surface area contributed by atoms with Crippen molar-refractivity contribution in [1.82, 2.24) is 20.3 Å². The molecular formula is C39H34N6O5. The van der Waals surface area contributed by atoms with Crippen LogP contribution in [0.1, 0.15) is 32.6 Å². The van der Waals surface area contributed by atoms with E-state index in [1.165, 1.54) is 26.7 Å². The van der Waals surface area contributed by atoms with E-state index in [9.17, 15) is 14.4 Å². The van der Waals surface area contributed by atoms with Gasteiger partial charge in [0, 0.05) is 17.8 Å². The average molecular weight is 667 g/mol. The van der Waals surface area contributed by atoms with Crippen molar-refractivity contribution in [3.05, 3.63) is 162 Å². The van der Waals surface area contributed by atoms with Crippen molar-refractivity contribution in [2.24, 2.45) is 0 Å². The molecule has 1 unspecified atom stereocenters. The van der Waals surface area contributed by atoms with E-state index in [2.05, 4.69) is 30.9 Å². The molecule has 0 spiro atoms. The number of esters is 2. The zero-order valence-electron chi connectivity index (χ0n) is 27.4. The SMILES string of the molecule is COC(=O)c1cncnc1NC(=O)Nc1ccc(CC(NC(c2ccccc2)(c2ccccc2)c2ccccc2)C(=O)OC)c2cccnc12. The number of urea groups is 1. The maximum atomic E-state index is 13.7. The number of methoxy groups -OCH3 is 2. The van der Waals surface area contributed by atoms with Crippen LogP contribution in [0.2, 0.25) is 0 Å². The van der Waals surface area contributed by atoms with Crippen LogP contribution >= 0.6 is 0 Å². The quantitative estimate of drug-likeness (QED) is 0.110. The van der Waals surface area contributed by atoms with E-state index in [1.807, 2.05) is 103 Å². The first-order valence-corrected chi connectivity index (χ1v) is 15.8. The number of carbonyl (C=O) groups is 3. The molecule has 0 aliphatic heterocycles. The lowest BCUT2D eigenvalue weighted by Crippen LogP contribution is -2.53. The van der Waals surface area contributed by atoms with Crippen LogP contribution in [0.3, 0.4) is 0 Å². The minimum absolute atomic E-state index is 0.00224. The van der Waals surface area contributed by atoms with E-state index >= 15 is 0 Å². The van der Waals surface area contributed by atoms with Gasteiger partial charge in [-0.1, -0.05) is 103 Å². The van der Waals surface area contributed by atoms with Crippen LogP contribution in [0.4, 0.5) is 16.3 Å². The molecule has 0 saturated carbocycles. The Balaban J connectivity index is 1.37. The number of nitrogens with one attached hydrogen (secondary N) is 3. The molecule has 11 nitrogen and oxygen atoms in total. The first-order valence-electron chi connectivity index (χ1n) is 15.8. The summed E-state index contributed by atoms with van der Waals surface area (Å²) in [4.78, 5) is 51.4. The molecule has 0 saturated heterocycles. The summed E-state index contributed by atoms with van der Waals surface area (Å²) in [6, 6.07) is 35.8. The Morgan fingerprint density at radius 1 is 0.720 bits per heavy atom. The molecule has 50 heavy (non-hydrogen) atoms. The summed E-state index contributed by atoms with van der Waals surface area (Å²) >= 11 is 0. The molecule has 0 aliphatic rings. The number of hydrogen-bond acceptors (Lipinski definition) is 9. The zero-order chi connectivity index (χ0) is 34.9. The Bertz CT molecular complexity index is 2020. The monoisotopic (exact) mass is 666 g/mol. The number of carbonyl (C=O) groups excluding carboxylic acids is 3. The van der Waals surface area contributed by atoms with Crippen molar-refractivity contribution in [2.45, 2.75) is 18.0 Å². The van der Waals surface area contributed by atoms with E-state index in [4.69, 9.17) is 9.47 Å². The van der Waals surface area contributed by atoms with Crippen LogP contribution < -0.4 is 16.0 Å². The minimum atomic E-state index is -0.930. The number of hydrogen-bond donors (Lipinski definition) is 3. The van der Waals surface area contributed by atoms with Crippen molar-refractivity contribution in [3.63, 3.8) is 0 Å². The Morgan fingerprint density at radius 3 is 1.92 bits per heavy atom. The van der Waals surface area contributed by atoms with Crippen LogP contribution in [0, 0.1) is 0 Å². The Morgan fingerprint density at radius 2 is 1.34 bits per heavy atom. The molecule has 2 heterocycles. The predicted molar refractivity (Wildman–Crippen MR) is 190 cm³/mol. The second-order valence-electron chi connectivity index (χ2n) is 11.3. The smallest absolute Gasteiger partial charge is 0.343 e. The molecule has 6 aromatic rings. The van der Waals surface area contributed by atoms with E-state index in [1.54, 1.807) is 18.3 Å². The Hall–Kier alpha value is -6.46. The van der Waals surface area contributed by atoms with Gasteiger partial charge in [-0.15, -0.1) is 0 Å². The first-order chi connectivity index (χ1) is 24.4. The fourth-order valence-electron chi connectivity index (χ4n) is 6.09. The van der Waals surface area contributed by atoms with Crippen molar-refractivity contribution < 1.29 is 23.9 Å². The van der Waals surface area contributed by atoms with Gasteiger partial charge >= 0.3 is 18.0 Å². The van der Waals surface area contributed by atoms with Gasteiger partial charge in [0.15, 0.2) is 5.82 Å². The molecule has 6 rings (SSSR count). The van der Waals surface area contributed by atoms with Crippen LogP contribution in [-0.4, -0.2) is 53.2 Å². The van der Waals surface area contributed by atoms with E-state index in [-0.39, 0.29) is 17.8 Å². The molecule has 0 fully saturated rings. The predicted octanol–water partition coefficient (Wildman–Crippen LogP) is 6.12. The topological polar surface area (TPSA) is 144 Å². The minimum Gasteiger partial charge on any atom is -0.468 e. The number of anilines is 2. The largest absolute Gasteiger partial charge is 0.468 e. The van der Waals surface area contributed by atoms with Gasteiger partial charge in [0.1, 0.15) is 17.9 Å². The van der Waals surface area contributed by atoms with Crippen molar-refractivity contribution >= 4 is 40.4 Å². The second-order valence-corrected chi connectivity index (χ2v) is 11.3. The first kappa shape index (κ1) is 33.4. The number of benzene rings is 4. The standard InChI is InChI=1S/C39H34N6O5/c1-49-36(46)31-24-40-25-42-35(31)44-38(48)43-32-21-20-26(30-19-12-22-41-34(30)32)23-33(37(47)50-2)45-39(27-13-6-3-7-14-27,28-15-8-4-9-16-28)29-17-10-5-11-18-29/h3-22,24-25,33,45H,23H2,1-2H3,(H2,40,42,43,44,48). The number of amides is 2. The summed E-state index contributed by atoms with van der Waals surface area (Å²) in [7, 11) is 2.60. The third-order valence-corrected chi connectivity index (χ3v) is 8.38. The zero-order valence-corrected chi connectivity index (χ0v) is 27.4. The third kappa shape index (κ3) is 6.89. The lowest BCUT2D eigenvalue weighted by atomic mass is 9.76. The Labute approximate surface area is 288 Å². The molecule has 1 atom stereocenters. The summed E-state index contributed by atoms with van der Waals surface area (Å²) in [5.41, 5.74) is 3.62. The summed E-state index contributed by atoms with van der Waals surface area (Å²) in [5, 5.41) is 9.86. The van der Waals surface area contributed by atoms with Gasteiger partial charge in [-0.25, -0.2) is 19.6 Å². The molecule has 3 N–H and O–H groups in total. The summed E-state index contributed by atoms with van der Waals surface area (Å²) in [6.45, 7) is 0. The Kier molecular flexibility index (Phi) is 10.2. The van der Waals surface area contributed by atoms with Gasteiger partial charge in [0.05, 0.1) is 31.0 Å². The van der Waals surface area contributed by atoms with Crippen LogP contribution in [0.15, 0.2) is 134 Å². The van der Waals surface area contributed by atoms with E-state index < -0.39 is 29.6 Å². The highest BCUT2D eigenvalue weighted by atomic mass is 16.5. The summed E-state index contributed by atoms with van der Waals surface area (Å²) < 4.78 is 10.2. The number of fused-ring (bicyclic) bond motifs is 1. The summed E-state index contributed by atoms with van der Waals surface area (Å²) in [5.74, 6) is -1.15. The third-order valence-electron chi connectivity index (χ3n) is 8.38. The lowest BCUT2D eigenvalue weighted by Gasteiger charge is -2.39. The highest BCUT2D eigenvalue weighted by molar-refractivity contribution is 6.07.